The number of nitrogens with zero attached hydrogens (tertiary/aromatic N) is 2. The number of carbonyl (C=O) groups excluding carboxylic acids is 1. The lowest BCUT2D eigenvalue weighted by Gasteiger charge is -2.39. The molecule has 10 heteroatoms. The fourth-order valence-electron chi connectivity index (χ4n) is 4.37. The zero-order chi connectivity index (χ0) is 23.8. The Kier molecular flexibility index (Phi) is 6.41. The molecule has 0 N–H and O–H groups in total. The molecule has 0 bridgehead atoms. The molecular formula is C23H25F3N2O4S. The standard InChI is InChI=1S/C23H25F3N2O4S/c1-32-22(29)20-7-2-3-8-21(20)27-13-11-18(12-14-27)28(17-9-10-17)33(30,31)19-6-4-5-16(15-19)23(24,25)26/h2-8,15,17-18H,9-14H2,1H3. The molecule has 1 saturated heterocycles. The van der Waals surface area contributed by atoms with Gasteiger partial charge in [-0.3, -0.25) is 0 Å². The summed E-state index contributed by atoms with van der Waals surface area (Å²) in [6.45, 7) is 1.03. The molecule has 1 aliphatic heterocycles. The SMILES string of the molecule is COC(=O)c1ccccc1N1CCC(N(C2CC2)S(=O)(=O)c2cccc(C(F)(F)F)c2)CC1. The Morgan fingerprint density at radius 3 is 2.24 bits per heavy atom. The van der Waals surface area contributed by atoms with Gasteiger partial charge in [-0.2, -0.15) is 17.5 Å². The van der Waals surface area contributed by atoms with E-state index >= 15 is 0 Å². The monoisotopic (exact) mass is 482 g/mol. The van der Waals surface area contributed by atoms with Crippen LogP contribution in [0.3, 0.4) is 0 Å². The third kappa shape index (κ3) is 4.86. The van der Waals surface area contributed by atoms with Crippen LogP contribution in [0.2, 0.25) is 0 Å². The fourth-order valence-corrected chi connectivity index (χ4v) is 6.34. The highest BCUT2D eigenvalue weighted by molar-refractivity contribution is 7.89. The van der Waals surface area contributed by atoms with Crippen LogP contribution in [0.25, 0.3) is 0 Å². The lowest BCUT2D eigenvalue weighted by molar-refractivity contribution is -0.137. The van der Waals surface area contributed by atoms with Crippen molar-refractivity contribution in [3.05, 3.63) is 59.7 Å². The molecule has 0 spiro atoms. The van der Waals surface area contributed by atoms with Crippen LogP contribution < -0.4 is 4.90 Å². The number of hydrogen-bond acceptors (Lipinski definition) is 5. The number of hydrogen-bond donors (Lipinski definition) is 0. The number of piperidine rings is 1. The Morgan fingerprint density at radius 1 is 1.00 bits per heavy atom. The van der Waals surface area contributed by atoms with Crippen molar-refractivity contribution in [3.63, 3.8) is 0 Å². The van der Waals surface area contributed by atoms with Crippen molar-refractivity contribution >= 4 is 21.7 Å². The second-order valence-corrected chi connectivity index (χ2v) is 10.2. The summed E-state index contributed by atoms with van der Waals surface area (Å²) in [5.41, 5.74) is 0.184. The number of benzene rings is 2. The topological polar surface area (TPSA) is 66.9 Å². The van der Waals surface area contributed by atoms with E-state index in [1.165, 1.54) is 17.5 Å². The average molecular weight is 483 g/mol. The minimum Gasteiger partial charge on any atom is -0.465 e. The normalized spacial score (nSPS) is 17.9. The number of rotatable bonds is 6. The number of ether oxygens (including phenoxy) is 1. The molecule has 6 nitrogen and oxygen atoms in total. The van der Waals surface area contributed by atoms with E-state index in [0.717, 1.165) is 17.8 Å². The van der Waals surface area contributed by atoms with Gasteiger partial charge in [-0.15, -0.1) is 0 Å². The quantitative estimate of drug-likeness (QED) is 0.574. The third-order valence-electron chi connectivity index (χ3n) is 6.12. The van der Waals surface area contributed by atoms with E-state index in [4.69, 9.17) is 4.74 Å². The first-order chi connectivity index (χ1) is 15.6. The van der Waals surface area contributed by atoms with Crippen LogP contribution in [0.15, 0.2) is 53.4 Å². The number of carbonyl (C=O) groups is 1. The number of esters is 1. The molecule has 0 amide bonds. The largest absolute Gasteiger partial charge is 0.465 e. The van der Waals surface area contributed by atoms with Gasteiger partial charge in [-0.1, -0.05) is 18.2 Å². The molecule has 1 saturated carbocycles. The molecule has 2 aromatic carbocycles. The maximum absolute atomic E-state index is 13.4. The van der Waals surface area contributed by atoms with E-state index in [-0.39, 0.29) is 17.0 Å². The summed E-state index contributed by atoms with van der Waals surface area (Å²) in [5.74, 6) is -0.445. The Labute approximate surface area is 191 Å². The van der Waals surface area contributed by atoms with Gasteiger partial charge in [0.25, 0.3) is 0 Å². The molecule has 178 valence electrons. The Hall–Kier alpha value is -2.59. The number of alkyl halides is 3. The summed E-state index contributed by atoms with van der Waals surface area (Å²) in [6.07, 6.45) is -2.21. The average Bonchev–Trinajstić information content (AvgIpc) is 3.63. The van der Waals surface area contributed by atoms with Crippen LogP contribution in [-0.4, -0.2) is 51.0 Å². The van der Waals surface area contributed by atoms with Crippen LogP contribution in [-0.2, 0) is 20.9 Å². The van der Waals surface area contributed by atoms with E-state index in [9.17, 15) is 26.4 Å². The van der Waals surface area contributed by atoms with Gasteiger partial charge in [0.1, 0.15) is 0 Å². The highest BCUT2D eigenvalue weighted by atomic mass is 32.2. The van der Waals surface area contributed by atoms with E-state index in [0.29, 0.717) is 50.4 Å². The molecule has 1 aliphatic carbocycles. The zero-order valence-corrected chi connectivity index (χ0v) is 18.9. The van der Waals surface area contributed by atoms with Gasteiger partial charge in [0.15, 0.2) is 0 Å². The van der Waals surface area contributed by atoms with Crippen LogP contribution in [0.4, 0.5) is 18.9 Å². The van der Waals surface area contributed by atoms with Crippen molar-refractivity contribution in [2.24, 2.45) is 0 Å². The smallest absolute Gasteiger partial charge is 0.416 e. The summed E-state index contributed by atoms with van der Waals surface area (Å²) < 4.78 is 72.6. The number of anilines is 1. The summed E-state index contributed by atoms with van der Waals surface area (Å²) in [7, 11) is -2.77. The molecule has 0 radical (unpaired) electrons. The van der Waals surface area contributed by atoms with Crippen molar-refractivity contribution in [2.45, 2.75) is 48.8 Å². The summed E-state index contributed by atoms with van der Waals surface area (Å²) in [5, 5.41) is 0. The van der Waals surface area contributed by atoms with Gasteiger partial charge in [0.05, 0.1) is 28.8 Å². The lowest BCUT2D eigenvalue weighted by atomic mass is 10.0. The Bertz CT molecular complexity index is 1120. The van der Waals surface area contributed by atoms with Gasteiger partial charge in [0.2, 0.25) is 10.0 Å². The predicted octanol–water partition coefficient (Wildman–Crippen LogP) is 4.31. The minimum atomic E-state index is -4.62. The molecule has 1 heterocycles. The fraction of sp³-hybridized carbons (Fsp3) is 0.435. The molecule has 4 rings (SSSR count). The molecule has 33 heavy (non-hydrogen) atoms. The molecule has 2 fully saturated rings. The van der Waals surface area contributed by atoms with Crippen molar-refractivity contribution in [1.29, 1.82) is 0 Å². The maximum atomic E-state index is 13.4. The van der Waals surface area contributed by atoms with Gasteiger partial charge < -0.3 is 9.64 Å². The summed E-state index contributed by atoms with van der Waals surface area (Å²) in [6, 6.07) is 10.5. The summed E-state index contributed by atoms with van der Waals surface area (Å²) in [4.78, 5) is 13.8. The van der Waals surface area contributed by atoms with Crippen LogP contribution in [0.5, 0.6) is 0 Å². The Balaban J connectivity index is 1.55. The molecule has 0 aromatic heterocycles. The van der Waals surface area contributed by atoms with Crippen molar-refractivity contribution in [3.8, 4) is 0 Å². The van der Waals surface area contributed by atoms with Crippen LogP contribution >= 0.6 is 0 Å². The first-order valence-corrected chi connectivity index (χ1v) is 12.2. The van der Waals surface area contributed by atoms with Gasteiger partial charge in [-0.05, 0) is 56.0 Å². The third-order valence-corrected chi connectivity index (χ3v) is 8.12. The highest BCUT2D eigenvalue weighted by Gasteiger charge is 2.44. The molecule has 2 aromatic rings. The van der Waals surface area contributed by atoms with Crippen molar-refractivity contribution in [1.82, 2.24) is 4.31 Å². The summed E-state index contributed by atoms with van der Waals surface area (Å²) >= 11 is 0. The van der Waals surface area contributed by atoms with Crippen molar-refractivity contribution < 1.29 is 31.1 Å². The first-order valence-electron chi connectivity index (χ1n) is 10.8. The zero-order valence-electron chi connectivity index (χ0n) is 18.1. The predicted molar refractivity (Wildman–Crippen MR) is 117 cm³/mol. The van der Waals surface area contributed by atoms with E-state index < -0.39 is 27.7 Å². The van der Waals surface area contributed by atoms with Gasteiger partial charge in [-0.25, -0.2) is 13.2 Å². The number of sulfonamides is 1. The van der Waals surface area contributed by atoms with Gasteiger partial charge >= 0.3 is 12.1 Å². The molecular weight excluding hydrogens is 457 g/mol. The van der Waals surface area contributed by atoms with E-state index in [2.05, 4.69) is 0 Å². The first kappa shape index (κ1) is 23.6. The second-order valence-electron chi connectivity index (χ2n) is 8.32. The second kappa shape index (κ2) is 8.98. The van der Waals surface area contributed by atoms with E-state index in [1.807, 2.05) is 17.0 Å². The number of para-hydroxylation sites is 1. The van der Waals surface area contributed by atoms with Gasteiger partial charge in [0, 0.05) is 25.2 Å². The highest BCUT2D eigenvalue weighted by Crippen LogP contribution is 2.39. The maximum Gasteiger partial charge on any atom is 0.416 e. The van der Waals surface area contributed by atoms with E-state index in [1.54, 1.807) is 12.1 Å². The Morgan fingerprint density at radius 2 is 1.64 bits per heavy atom. The molecule has 2 aliphatic rings. The minimum absolute atomic E-state index is 0.191. The van der Waals surface area contributed by atoms with Crippen LogP contribution in [0.1, 0.15) is 41.6 Å². The lowest BCUT2D eigenvalue weighted by Crippen LogP contribution is -2.48. The number of halogens is 3. The van der Waals surface area contributed by atoms with Crippen LogP contribution in [0, 0.1) is 0 Å². The number of methoxy groups -OCH3 is 1. The molecule has 0 unspecified atom stereocenters. The van der Waals surface area contributed by atoms with Crippen molar-refractivity contribution in [2.75, 3.05) is 25.1 Å². The molecule has 0 atom stereocenters.